The highest BCUT2D eigenvalue weighted by Crippen LogP contribution is 2.30. The summed E-state index contributed by atoms with van der Waals surface area (Å²) in [6.07, 6.45) is 4.04. The molecule has 32 heavy (non-hydrogen) atoms. The number of methoxy groups -OCH3 is 1. The van der Waals surface area contributed by atoms with E-state index in [9.17, 15) is 18.0 Å². The maximum absolute atomic E-state index is 13.0. The highest BCUT2D eigenvalue weighted by Gasteiger charge is 2.28. The van der Waals surface area contributed by atoms with Crippen LogP contribution >= 0.6 is 0 Å². The number of esters is 1. The summed E-state index contributed by atoms with van der Waals surface area (Å²) >= 11 is 0. The van der Waals surface area contributed by atoms with Crippen LogP contribution in [-0.2, 0) is 24.3 Å². The Morgan fingerprint density at radius 3 is 2.41 bits per heavy atom. The largest absolute Gasteiger partial charge is 0.495 e. The molecule has 2 aliphatic heterocycles. The number of nitrogens with one attached hydrogen (secondary N) is 1. The fourth-order valence-corrected chi connectivity index (χ4v) is 5.72. The zero-order valence-corrected chi connectivity index (χ0v) is 19.7. The maximum atomic E-state index is 13.0. The van der Waals surface area contributed by atoms with Crippen LogP contribution in [0.5, 0.6) is 5.75 Å². The summed E-state index contributed by atoms with van der Waals surface area (Å²) in [6.45, 7) is 4.58. The Hall–Kier alpha value is -2.17. The SMILES string of the molecule is CCOC(=O)C1CCN(CC(=O)Nc2cc(S(=O)(=O)N3CCCCC3)ccc2OC)CC1. The van der Waals surface area contributed by atoms with E-state index in [0.717, 1.165) is 19.3 Å². The normalized spacial score (nSPS) is 18.8. The van der Waals surface area contributed by atoms with Gasteiger partial charge in [-0.3, -0.25) is 14.5 Å². The van der Waals surface area contributed by atoms with Crippen molar-refractivity contribution in [3.8, 4) is 5.75 Å². The second-order valence-electron chi connectivity index (χ2n) is 8.18. The highest BCUT2D eigenvalue weighted by molar-refractivity contribution is 7.89. The van der Waals surface area contributed by atoms with Crippen LogP contribution in [0, 0.1) is 5.92 Å². The Morgan fingerprint density at radius 2 is 1.78 bits per heavy atom. The van der Waals surface area contributed by atoms with Gasteiger partial charge in [-0.25, -0.2) is 8.42 Å². The van der Waals surface area contributed by atoms with Gasteiger partial charge in [0.2, 0.25) is 15.9 Å². The van der Waals surface area contributed by atoms with Crippen molar-refractivity contribution in [2.75, 3.05) is 51.8 Å². The minimum atomic E-state index is -3.62. The molecule has 178 valence electrons. The average Bonchev–Trinajstić information content (AvgIpc) is 2.80. The smallest absolute Gasteiger partial charge is 0.309 e. The van der Waals surface area contributed by atoms with Crippen LogP contribution in [0.15, 0.2) is 23.1 Å². The number of anilines is 1. The lowest BCUT2D eigenvalue weighted by molar-refractivity contribution is -0.149. The second kappa shape index (κ2) is 11.1. The first kappa shape index (κ1) is 24.5. The fourth-order valence-electron chi connectivity index (χ4n) is 4.18. The summed E-state index contributed by atoms with van der Waals surface area (Å²) in [7, 11) is -2.14. The lowest BCUT2D eigenvalue weighted by atomic mass is 9.97. The number of rotatable bonds is 8. The standard InChI is InChI=1S/C22H33N3O6S/c1-3-31-22(27)17-9-13-24(14-10-17)16-21(26)23-19-15-18(7-8-20(19)30-2)32(28,29)25-11-5-4-6-12-25/h7-8,15,17H,3-6,9-14,16H2,1-2H3,(H,23,26). The number of ether oxygens (including phenoxy) is 2. The third kappa shape index (κ3) is 5.99. The summed E-state index contributed by atoms with van der Waals surface area (Å²) in [4.78, 5) is 26.7. The minimum absolute atomic E-state index is 0.119. The Bertz CT molecular complexity index is 906. The summed E-state index contributed by atoms with van der Waals surface area (Å²) in [6, 6.07) is 4.55. The lowest BCUT2D eigenvalue weighted by Gasteiger charge is -2.30. The Labute approximate surface area is 190 Å². The number of likely N-dealkylation sites (tertiary alicyclic amines) is 1. The third-order valence-electron chi connectivity index (χ3n) is 5.97. The van der Waals surface area contributed by atoms with Gasteiger partial charge >= 0.3 is 5.97 Å². The van der Waals surface area contributed by atoms with Crippen LogP contribution in [0.25, 0.3) is 0 Å². The zero-order valence-electron chi connectivity index (χ0n) is 18.8. The van der Waals surface area contributed by atoms with E-state index < -0.39 is 10.0 Å². The summed E-state index contributed by atoms with van der Waals surface area (Å²) < 4.78 is 37.9. The molecule has 0 spiro atoms. The quantitative estimate of drug-likeness (QED) is 0.584. The molecule has 0 saturated carbocycles. The van der Waals surface area contributed by atoms with Crippen molar-refractivity contribution < 1.29 is 27.5 Å². The monoisotopic (exact) mass is 467 g/mol. The van der Waals surface area contributed by atoms with Gasteiger partial charge < -0.3 is 14.8 Å². The van der Waals surface area contributed by atoms with Crippen molar-refractivity contribution in [3.05, 3.63) is 18.2 Å². The fraction of sp³-hybridized carbons (Fsp3) is 0.636. The maximum Gasteiger partial charge on any atom is 0.309 e. The van der Waals surface area contributed by atoms with E-state index in [2.05, 4.69) is 5.32 Å². The molecule has 9 nitrogen and oxygen atoms in total. The van der Waals surface area contributed by atoms with Crippen LogP contribution < -0.4 is 10.1 Å². The molecule has 1 N–H and O–H groups in total. The van der Waals surface area contributed by atoms with Crippen molar-refractivity contribution >= 4 is 27.6 Å². The van der Waals surface area contributed by atoms with Crippen LogP contribution in [0.2, 0.25) is 0 Å². The molecule has 1 aromatic carbocycles. The molecular formula is C22H33N3O6S. The van der Waals surface area contributed by atoms with Gasteiger partial charge in [-0.2, -0.15) is 4.31 Å². The molecular weight excluding hydrogens is 434 g/mol. The topological polar surface area (TPSA) is 105 Å². The molecule has 0 radical (unpaired) electrons. The first-order chi connectivity index (χ1) is 15.3. The minimum Gasteiger partial charge on any atom is -0.495 e. The van der Waals surface area contributed by atoms with Crippen molar-refractivity contribution in [1.29, 1.82) is 0 Å². The number of carbonyl (C=O) groups is 2. The van der Waals surface area contributed by atoms with Gasteiger partial charge in [-0.05, 0) is 63.9 Å². The van der Waals surface area contributed by atoms with E-state index in [0.29, 0.717) is 57.1 Å². The van der Waals surface area contributed by atoms with Gasteiger partial charge in [-0.15, -0.1) is 0 Å². The van der Waals surface area contributed by atoms with Gasteiger partial charge in [-0.1, -0.05) is 6.42 Å². The number of hydrogen-bond acceptors (Lipinski definition) is 7. The highest BCUT2D eigenvalue weighted by atomic mass is 32.2. The van der Waals surface area contributed by atoms with Crippen LogP contribution in [0.1, 0.15) is 39.0 Å². The number of sulfonamides is 1. The molecule has 10 heteroatoms. The molecule has 0 atom stereocenters. The molecule has 2 fully saturated rings. The molecule has 2 heterocycles. The second-order valence-corrected chi connectivity index (χ2v) is 10.1. The van der Waals surface area contributed by atoms with Gasteiger partial charge in [0.15, 0.2) is 0 Å². The van der Waals surface area contributed by atoms with E-state index in [1.54, 1.807) is 13.0 Å². The van der Waals surface area contributed by atoms with Gasteiger partial charge in [0.1, 0.15) is 5.75 Å². The molecule has 2 saturated heterocycles. The van der Waals surface area contributed by atoms with Crippen molar-refractivity contribution in [2.45, 2.75) is 43.9 Å². The van der Waals surface area contributed by atoms with E-state index in [4.69, 9.17) is 9.47 Å². The zero-order chi connectivity index (χ0) is 23.1. The van der Waals surface area contributed by atoms with Gasteiger partial charge in [0, 0.05) is 13.1 Å². The molecule has 3 rings (SSSR count). The first-order valence-corrected chi connectivity index (χ1v) is 12.7. The molecule has 1 amide bonds. The number of piperidine rings is 2. The van der Waals surface area contributed by atoms with Crippen LogP contribution in [-0.4, -0.2) is 75.9 Å². The van der Waals surface area contributed by atoms with E-state index in [-0.39, 0.29) is 29.2 Å². The van der Waals surface area contributed by atoms with E-state index >= 15 is 0 Å². The number of amides is 1. The predicted molar refractivity (Wildman–Crippen MR) is 120 cm³/mol. The molecule has 0 bridgehead atoms. The number of nitrogens with zero attached hydrogens (tertiary/aromatic N) is 2. The van der Waals surface area contributed by atoms with Crippen molar-refractivity contribution in [3.63, 3.8) is 0 Å². The average molecular weight is 468 g/mol. The lowest BCUT2D eigenvalue weighted by Crippen LogP contribution is -2.41. The Kier molecular flexibility index (Phi) is 8.50. The van der Waals surface area contributed by atoms with Crippen LogP contribution in [0.4, 0.5) is 5.69 Å². The first-order valence-electron chi connectivity index (χ1n) is 11.2. The van der Waals surface area contributed by atoms with E-state index in [1.165, 1.54) is 23.5 Å². The molecule has 0 aliphatic carbocycles. The Morgan fingerprint density at radius 1 is 1.09 bits per heavy atom. The van der Waals surface area contributed by atoms with Crippen molar-refractivity contribution in [2.24, 2.45) is 5.92 Å². The summed E-state index contributed by atoms with van der Waals surface area (Å²) in [5.41, 5.74) is 0.331. The van der Waals surface area contributed by atoms with E-state index in [1.807, 2.05) is 4.90 Å². The van der Waals surface area contributed by atoms with Crippen molar-refractivity contribution in [1.82, 2.24) is 9.21 Å². The molecule has 2 aliphatic rings. The molecule has 0 aromatic heterocycles. The predicted octanol–water partition coefficient (Wildman–Crippen LogP) is 2.08. The Balaban J connectivity index is 1.63. The third-order valence-corrected chi connectivity index (χ3v) is 7.87. The molecule has 1 aromatic rings. The number of hydrogen-bond donors (Lipinski definition) is 1. The summed E-state index contributed by atoms with van der Waals surface area (Å²) in [5, 5.41) is 2.80. The number of carbonyl (C=O) groups excluding carboxylic acids is 2. The van der Waals surface area contributed by atoms with Gasteiger partial charge in [0.25, 0.3) is 0 Å². The van der Waals surface area contributed by atoms with Gasteiger partial charge in [0.05, 0.1) is 36.8 Å². The summed E-state index contributed by atoms with van der Waals surface area (Å²) in [5.74, 6) is -0.151. The molecule has 0 unspecified atom stereocenters. The van der Waals surface area contributed by atoms with Crippen LogP contribution in [0.3, 0.4) is 0 Å². The number of benzene rings is 1.